The summed E-state index contributed by atoms with van der Waals surface area (Å²) in [5, 5.41) is 17.3. The Balaban J connectivity index is 1.24. The lowest BCUT2D eigenvalue weighted by Crippen LogP contribution is -2.75. The number of rotatable bonds is 6. The second-order valence-electron chi connectivity index (χ2n) is 12.0. The molecule has 7 atom stereocenters. The lowest BCUT2D eigenvalue weighted by atomic mass is 9.70. The smallest absolute Gasteiger partial charge is 0.246 e. The molecule has 2 N–H and O–H groups in total. The van der Waals surface area contributed by atoms with E-state index in [2.05, 4.69) is 40.1 Å². The van der Waals surface area contributed by atoms with Crippen LogP contribution in [0.4, 0.5) is 0 Å². The van der Waals surface area contributed by atoms with Gasteiger partial charge in [-0.3, -0.25) is 25.1 Å². The third kappa shape index (κ3) is 5.29. The fourth-order valence-electron chi connectivity index (χ4n) is 7.50. The van der Waals surface area contributed by atoms with E-state index in [0.717, 1.165) is 31.4 Å². The Labute approximate surface area is 246 Å². The molecule has 1 aromatic rings. The van der Waals surface area contributed by atoms with Gasteiger partial charge in [0.05, 0.1) is 37.3 Å². The molecule has 1 amide bonds. The number of ketones is 1. The number of nitriles is 1. The number of likely N-dealkylation sites (tertiary alicyclic amines) is 1. The Bertz CT molecular complexity index is 1240. The van der Waals surface area contributed by atoms with Crippen LogP contribution in [-0.4, -0.2) is 102 Å². The Hall–Kier alpha value is -2.52. The second-order valence-corrected chi connectivity index (χ2v) is 12.5. The summed E-state index contributed by atoms with van der Waals surface area (Å²) < 4.78 is 12.8. The maximum absolute atomic E-state index is 14.3. The molecule has 6 rings (SSSR count). The molecule has 4 aliphatic heterocycles. The molecule has 1 saturated carbocycles. The van der Waals surface area contributed by atoms with Crippen molar-refractivity contribution in [2.45, 2.75) is 74.8 Å². The monoisotopic (exact) mass is 582 g/mol. The van der Waals surface area contributed by atoms with Crippen molar-refractivity contribution < 1.29 is 19.1 Å². The maximum atomic E-state index is 14.3. The molecule has 3 saturated heterocycles. The summed E-state index contributed by atoms with van der Waals surface area (Å²) in [5.41, 5.74) is -0.0521. The number of carbonyl (C=O) groups is 2. The Morgan fingerprint density at radius 2 is 2.15 bits per heavy atom. The number of hydrogen-bond acceptors (Lipinski definition) is 9. The van der Waals surface area contributed by atoms with Crippen LogP contribution in [0.25, 0.3) is 0 Å². The summed E-state index contributed by atoms with van der Waals surface area (Å²) in [6.45, 7) is 6.90. The maximum Gasteiger partial charge on any atom is 0.246 e. The lowest BCUT2D eigenvalue weighted by molar-refractivity contribution is -0.157. The topological polar surface area (TPSA) is 110 Å². The van der Waals surface area contributed by atoms with Crippen molar-refractivity contribution in [3.63, 3.8) is 0 Å². The molecular formula is C30H39ClN6O4. The van der Waals surface area contributed by atoms with E-state index in [9.17, 15) is 14.9 Å². The highest BCUT2D eigenvalue weighted by Crippen LogP contribution is 2.46. The molecule has 5 aliphatic rings. The van der Waals surface area contributed by atoms with E-state index < -0.39 is 18.0 Å². The number of nitrogens with one attached hydrogen (secondary N) is 2. The van der Waals surface area contributed by atoms with Crippen LogP contribution in [0, 0.1) is 17.2 Å². The zero-order valence-corrected chi connectivity index (χ0v) is 24.3. The number of amides is 1. The van der Waals surface area contributed by atoms with Crippen LogP contribution >= 0.6 is 11.6 Å². The minimum Gasteiger partial charge on any atom is -0.479 e. The van der Waals surface area contributed by atoms with Crippen LogP contribution in [-0.2, 0) is 20.7 Å². The summed E-state index contributed by atoms with van der Waals surface area (Å²) in [4.78, 5) is 33.2. The predicted molar refractivity (Wildman–Crippen MR) is 153 cm³/mol. The summed E-state index contributed by atoms with van der Waals surface area (Å²) in [7, 11) is 2.12. The predicted octanol–water partition coefficient (Wildman–Crippen LogP) is 1.89. The lowest BCUT2D eigenvalue weighted by Gasteiger charge is -2.53. The Kier molecular flexibility index (Phi) is 8.11. The average Bonchev–Trinajstić information content (AvgIpc) is 3.57. The highest BCUT2D eigenvalue weighted by Gasteiger charge is 2.58. The molecule has 4 heterocycles. The zero-order chi connectivity index (χ0) is 28.7. The van der Waals surface area contributed by atoms with Crippen molar-refractivity contribution in [1.82, 2.24) is 25.3 Å². The summed E-state index contributed by atoms with van der Waals surface area (Å²) >= 11 is 6.50. The molecule has 11 heteroatoms. The number of piperazine rings is 1. The van der Waals surface area contributed by atoms with Gasteiger partial charge >= 0.3 is 0 Å². The third-order valence-electron chi connectivity index (χ3n) is 9.76. The number of ether oxygens (including phenoxy) is 2. The molecule has 6 unspecified atom stereocenters. The van der Waals surface area contributed by atoms with Gasteiger partial charge in [0.15, 0.2) is 17.7 Å². The van der Waals surface area contributed by atoms with Gasteiger partial charge in [0.1, 0.15) is 5.75 Å². The average molecular weight is 583 g/mol. The van der Waals surface area contributed by atoms with Crippen LogP contribution < -0.4 is 15.4 Å². The molecule has 0 aromatic heterocycles. The molecule has 4 fully saturated rings. The van der Waals surface area contributed by atoms with E-state index >= 15 is 0 Å². The molecule has 1 spiro atoms. The van der Waals surface area contributed by atoms with Crippen molar-refractivity contribution in [2.24, 2.45) is 5.92 Å². The van der Waals surface area contributed by atoms with Crippen molar-refractivity contribution in [3.8, 4) is 11.8 Å². The van der Waals surface area contributed by atoms with E-state index in [1.165, 1.54) is 6.08 Å². The van der Waals surface area contributed by atoms with Crippen LogP contribution in [0.2, 0.25) is 5.02 Å². The normalized spacial score (nSPS) is 35.5. The number of nitrogens with zero attached hydrogens (tertiary/aromatic N) is 4. The largest absolute Gasteiger partial charge is 0.479 e. The molecule has 10 nitrogen and oxygen atoms in total. The molecule has 0 radical (unpaired) electrons. The van der Waals surface area contributed by atoms with E-state index in [1.807, 2.05) is 18.2 Å². The fourth-order valence-corrected chi connectivity index (χ4v) is 7.73. The SMILES string of the molecule is C=CC(=O)N1CCN(C2NC(OCC3CCCN3C)NC3C(=O)[C@@]4(CCC32)Cc2c(Cl)cccc2O4)CC1CC#N. The van der Waals surface area contributed by atoms with Crippen molar-refractivity contribution >= 4 is 23.3 Å². The van der Waals surface area contributed by atoms with Crippen molar-refractivity contribution in [2.75, 3.05) is 39.8 Å². The Morgan fingerprint density at radius 3 is 2.88 bits per heavy atom. The fraction of sp³-hybridized carbons (Fsp3) is 0.633. The van der Waals surface area contributed by atoms with Crippen LogP contribution in [0.1, 0.15) is 37.7 Å². The molecule has 1 aromatic carbocycles. The van der Waals surface area contributed by atoms with E-state index in [0.29, 0.717) is 55.9 Å². The highest BCUT2D eigenvalue weighted by molar-refractivity contribution is 6.31. The standard InChI is InChI=1S/C30H39ClN6O4/c1-3-25(38)37-15-14-36(17-19(37)10-12-32)28-21-9-11-30(16-22-23(31)7-4-8-24(22)41-30)27(39)26(21)33-29(34-28)40-18-20-6-5-13-35(20)2/h3-4,7-8,19-21,26,28-29,33-34H,1,5-6,9-11,13-18H2,2H3/t19?,20?,21?,26?,28?,29?,30-/m1/s1. The first-order chi connectivity index (χ1) is 19.8. The highest BCUT2D eigenvalue weighted by atomic mass is 35.5. The quantitative estimate of drug-likeness (QED) is 0.486. The van der Waals surface area contributed by atoms with Crippen LogP contribution in [0.15, 0.2) is 30.9 Å². The second kappa shape index (κ2) is 11.6. The number of likely N-dealkylation sites (N-methyl/N-ethyl adjacent to an activating group) is 1. The van der Waals surface area contributed by atoms with Gasteiger partial charge in [-0.25, -0.2) is 0 Å². The van der Waals surface area contributed by atoms with Gasteiger partial charge in [0.2, 0.25) is 5.91 Å². The molecule has 1 aliphatic carbocycles. The summed E-state index contributed by atoms with van der Waals surface area (Å²) in [6, 6.07) is 7.44. The van der Waals surface area contributed by atoms with Gasteiger partial charge in [-0.15, -0.1) is 0 Å². The summed E-state index contributed by atoms with van der Waals surface area (Å²) in [5.74, 6) is 0.533. The number of Topliss-reactive ketones (excluding diaryl/α,β-unsaturated/α-hetero) is 1. The number of benzene rings is 1. The first-order valence-electron chi connectivity index (χ1n) is 14.7. The van der Waals surface area contributed by atoms with Gasteiger partial charge in [-0.1, -0.05) is 24.2 Å². The summed E-state index contributed by atoms with van der Waals surface area (Å²) in [6.07, 6.45) is 4.92. The number of halogens is 1. The molecule has 41 heavy (non-hydrogen) atoms. The van der Waals surface area contributed by atoms with Crippen molar-refractivity contribution in [3.05, 3.63) is 41.4 Å². The van der Waals surface area contributed by atoms with Gasteiger partial charge < -0.3 is 19.3 Å². The van der Waals surface area contributed by atoms with Gasteiger partial charge in [0.25, 0.3) is 0 Å². The van der Waals surface area contributed by atoms with Crippen LogP contribution in [0.3, 0.4) is 0 Å². The van der Waals surface area contributed by atoms with E-state index in [-0.39, 0.29) is 36.2 Å². The first kappa shape index (κ1) is 28.6. The third-order valence-corrected chi connectivity index (χ3v) is 10.1. The van der Waals surface area contributed by atoms with Gasteiger partial charge in [0, 0.05) is 48.6 Å². The van der Waals surface area contributed by atoms with Crippen LogP contribution in [0.5, 0.6) is 5.75 Å². The van der Waals surface area contributed by atoms with Gasteiger partial charge in [-0.05, 0) is 57.5 Å². The molecule has 0 bridgehead atoms. The zero-order valence-electron chi connectivity index (χ0n) is 23.6. The minimum absolute atomic E-state index is 0.0331. The first-order valence-corrected chi connectivity index (χ1v) is 15.1. The van der Waals surface area contributed by atoms with E-state index in [4.69, 9.17) is 21.1 Å². The minimum atomic E-state index is -0.946. The molecular weight excluding hydrogens is 544 g/mol. The number of carbonyl (C=O) groups excluding carboxylic acids is 2. The van der Waals surface area contributed by atoms with Gasteiger partial charge in [-0.2, -0.15) is 5.26 Å². The van der Waals surface area contributed by atoms with E-state index in [1.54, 1.807) is 4.90 Å². The number of fused-ring (bicyclic) bond motifs is 2. The van der Waals surface area contributed by atoms with Crippen molar-refractivity contribution in [1.29, 1.82) is 5.26 Å². The molecule has 220 valence electrons. The Morgan fingerprint density at radius 1 is 1.29 bits per heavy atom. The number of hydrogen-bond donors (Lipinski definition) is 2.